The highest BCUT2D eigenvalue weighted by atomic mass is 35.5. The Hall–Kier alpha value is -1.10. The molecule has 0 fully saturated rings. The van der Waals surface area contributed by atoms with E-state index in [2.05, 4.69) is 10.3 Å². The van der Waals surface area contributed by atoms with Crippen molar-refractivity contribution >= 4 is 23.2 Å². The second kappa shape index (κ2) is 5.04. The summed E-state index contributed by atoms with van der Waals surface area (Å²) < 4.78 is 1.60. The van der Waals surface area contributed by atoms with E-state index in [-0.39, 0.29) is 6.04 Å². The number of halogens is 2. The van der Waals surface area contributed by atoms with Crippen LogP contribution in [0.25, 0.3) is 5.69 Å². The Morgan fingerprint density at radius 1 is 1.41 bits per heavy atom. The molecule has 0 bridgehead atoms. The summed E-state index contributed by atoms with van der Waals surface area (Å²) in [6.45, 7) is 2.00. The minimum atomic E-state index is -0.102. The average Bonchev–Trinajstić information content (AvgIpc) is 2.77. The largest absolute Gasteiger partial charge is 0.323 e. The first-order chi connectivity index (χ1) is 8.11. The fourth-order valence-electron chi connectivity index (χ4n) is 1.44. The van der Waals surface area contributed by atoms with Crippen molar-refractivity contribution in [2.75, 3.05) is 0 Å². The van der Waals surface area contributed by atoms with E-state index in [1.54, 1.807) is 29.1 Å². The van der Waals surface area contributed by atoms with Crippen molar-refractivity contribution in [1.29, 1.82) is 0 Å². The summed E-state index contributed by atoms with van der Waals surface area (Å²) in [5.41, 5.74) is 7.36. The summed E-state index contributed by atoms with van der Waals surface area (Å²) in [5.74, 6) is 0. The first-order valence-electron chi connectivity index (χ1n) is 5.25. The predicted molar refractivity (Wildman–Crippen MR) is 68.6 cm³/mol. The van der Waals surface area contributed by atoms with Crippen molar-refractivity contribution in [2.24, 2.45) is 5.73 Å². The van der Waals surface area contributed by atoms with Gasteiger partial charge in [0, 0.05) is 5.02 Å². The number of nitrogens with zero attached hydrogens (tertiary/aromatic N) is 3. The highest BCUT2D eigenvalue weighted by Gasteiger charge is 2.11. The van der Waals surface area contributed by atoms with Gasteiger partial charge >= 0.3 is 0 Å². The number of rotatable bonds is 3. The van der Waals surface area contributed by atoms with E-state index in [1.165, 1.54) is 0 Å². The molecular weight excluding hydrogens is 259 g/mol. The van der Waals surface area contributed by atoms with Gasteiger partial charge in [-0.2, -0.15) is 0 Å². The van der Waals surface area contributed by atoms with Gasteiger partial charge in [0.1, 0.15) is 0 Å². The molecule has 1 aromatic heterocycles. The number of hydrogen-bond acceptors (Lipinski definition) is 3. The zero-order valence-electron chi connectivity index (χ0n) is 9.27. The molecule has 1 heterocycles. The molecule has 1 aromatic carbocycles. The molecule has 0 amide bonds. The van der Waals surface area contributed by atoms with Crippen LogP contribution in [0.15, 0.2) is 24.4 Å². The first-order valence-corrected chi connectivity index (χ1v) is 6.00. The Kier molecular flexibility index (Phi) is 3.66. The zero-order valence-corrected chi connectivity index (χ0v) is 10.8. The molecular formula is C11H12Cl2N4. The number of benzene rings is 1. The standard InChI is InChI=1S/C11H12Cl2N4/c1-2-9(14)10-6-17(16-15-10)11-4-3-7(12)5-8(11)13/h3-6,9H,2,14H2,1H3. The van der Waals surface area contributed by atoms with Crippen molar-refractivity contribution in [1.82, 2.24) is 15.0 Å². The lowest BCUT2D eigenvalue weighted by atomic mass is 10.2. The van der Waals surface area contributed by atoms with Gasteiger partial charge in [0.2, 0.25) is 0 Å². The molecule has 0 spiro atoms. The average molecular weight is 271 g/mol. The van der Waals surface area contributed by atoms with Gasteiger partial charge in [-0.1, -0.05) is 35.3 Å². The third kappa shape index (κ3) is 2.60. The summed E-state index contributed by atoms with van der Waals surface area (Å²) in [5, 5.41) is 9.14. The lowest BCUT2D eigenvalue weighted by Gasteiger charge is -2.04. The fourth-order valence-corrected chi connectivity index (χ4v) is 1.94. The van der Waals surface area contributed by atoms with Crippen LogP contribution in [-0.2, 0) is 0 Å². The van der Waals surface area contributed by atoms with E-state index in [0.717, 1.165) is 17.8 Å². The molecule has 0 radical (unpaired) electrons. The lowest BCUT2D eigenvalue weighted by molar-refractivity contribution is 0.670. The highest BCUT2D eigenvalue weighted by molar-refractivity contribution is 6.35. The molecule has 1 unspecified atom stereocenters. The molecule has 2 rings (SSSR count). The molecule has 6 heteroatoms. The molecule has 1 atom stereocenters. The van der Waals surface area contributed by atoms with Crippen LogP contribution in [0, 0.1) is 0 Å². The maximum Gasteiger partial charge on any atom is 0.0998 e. The maximum atomic E-state index is 6.08. The normalized spacial score (nSPS) is 12.7. The van der Waals surface area contributed by atoms with Gasteiger partial charge in [-0.05, 0) is 24.6 Å². The molecule has 0 saturated carbocycles. The van der Waals surface area contributed by atoms with E-state index < -0.39 is 0 Å². The summed E-state index contributed by atoms with van der Waals surface area (Å²) in [6, 6.07) is 5.11. The van der Waals surface area contributed by atoms with E-state index in [9.17, 15) is 0 Å². The van der Waals surface area contributed by atoms with E-state index in [4.69, 9.17) is 28.9 Å². The molecule has 0 aliphatic carbocycles. The molecule has 2 aromatic rings. The van der Waals surface area contributed by atoms with Crippen LogP contribution in [-0.4, -0.2) is 15.0 Å². The van der Waals surface area contributed by atoms with Gasteiger partial charge in [-0.3, -0.25) is 0 Å². The van der Waals surface area contributed by atoms with Crippen LogP contribution in [0.3, 0.4) is 0 Å². The molecule has 2 N–H and O–H groups in total. The van der Waals surface area contributed by atoms with Crippen LogP contribution in [0.5, 0.6) is 0 Å². The summed E-state index contributed by atoms with van der Waals surface area (Å²) >= 11 is 11.9. The summed E-state index contributed by atoms with van der Waals surface area (Å²) in [7, 11) is 0. The second-order valence-corrected chi connectivity index (χ2v) is 4.54. The third-order valence-corrected chi connectivity index (χ3v) is 3.03. The summed E-state index contributed by atoms with van der Waals surface area (Å²) in [6.07, 6.45) is 2.59. The van der Waals surface area contributed by atoms with Gasteiger partial charge in [-0.25, -0.2) is 4.68 Å². The van der Waals surface area contributed by atoms with E-state index in [1.807, 2.05) is 6.92 Å². The van der Waals surface area contributed by atoms with Gasteiger partial charge in [0.25, 0.3) is 0 Å². The Balaban J connectivity index is 2.37. The molecule has 4 nitrogen and oxygen atoms in total. The third-order valence-electron chi connectivity index (χ3n) is 2.49. The van der Waals surface area contributed by atoms with Gasteiger partial charge in [0.05, 0.1) is 28.6 Å². The smallest absolute Gasteiger partial charge is 0.0998 e. The molecule has 0 aliphatic heterocycles. The molecule has 0 saturated heterocycles. The fraction of sp³-hybridized carbons (Fsp3) is 0.273. The summed E-state index contributed by atoms with van der Waals surface area (Å²) in [4.78, 5) is 0. The lowest BCUT2D eigenvalue weighted by Crippen LogP contribution is -2.08. The molecule has 90 valence electrons. The topological polar surface area (TPSA) is 56.7 Å². The number of nitrogens with two attached hydrogens (primary N) is 1. The van der Waals surface area contributed by atoms with Crippen LogP contribution in [0.4, 0.5) is 0 Å². The molecule has 0 aliphatic rings. The number of aromatic nitrogens is 3. The Labute approximate surface area is 109 Å². The number of hydrogen-bond donors (Lipinski definition) is 1. The van der Waals surface area contributed by atoms with E-state index >= 15 is 0 Å². The van der Waals surface area contributed by atoms with Crippen LogP contribution in [0.1, 0.15) is 25.1 Å². The second-order valence-electron chi connectivity index (χ2n) is 3.70. The van der Waals surface area contributed by atoms with Crippen LogP contribution >= 0.6 is 23.2 Å². The predicted octanol–water partition coefficient (Wildman–Crippen LogP) is 2.98. The quantitative estimate of drug-likeness (QED) is 0.933. The van der Waals surface area contributed by atoms with Crippen molar-refractivity contribution in [2.45, 2.75) is 19.4 Å². The minimum Gasteiger partial charge on any atom is -0.323 e. The first kappa shape index (κ1) is 12.4. The van der Waals surface area contributed by atoms with Crippen molar-refractivity contribution in [3.05, 3.63) is 40.1 Å². The van der Waals surface area contributed by atoms with Crippen molar-refractivity contribution in [3.8, 4) is 5.69 Å². The van der Waals surface area contributed by atoms with Crippen molar-refractivity contribution in [3.63, 3.8) is 0 Å². The van der Waals surface area contributed by atoms with E-state index in [0.29, 0.717) is 10.0 Å². The van der Waals surface area contributed by atoms with Gasteiger partial charge in [0.15, 0.2) is 0 Å². The van der Waals surface area contributed by atoms with Crippen LogP contribution in [0.2, 0.25) is 10.0 Å². The SMILES string of the molecule is CCC(N)c1cn(-c2ccc(Cl)cc2Cl)nn1. The minimum absolute atomic E-state index is 0.102. The zero-order chi connectivity index (χ0) is 12.4. The Morgan fingerprint density at radius 3 is 2.82 bits per heavy atom. The van der Waals surface area contributed by atoms with Crippen LogP contribution < -0.4 is 5.73 Å². The monoisotopic (exact) mass is 270 g/mol. The maximum absolute atomic E-state index is 6.08. The Bertz CT molecular complexity index is 524. The Morgan fingerprint density at radius 2 is 2.18 bits per heavy atom. The highest BCUT2D eigenvalue weighted by Crippen LogP contribution is 2.24. The molecule has 17 heavy (non-hydrogen) atoms. The van der Waals surface area contributed by atoms with Gasteiger partial charge in [-0.15, -0.1) is 5.10 Å². The van der Waals surface area contributed by atoms with Gasteiger partial charge < -0.3 is 5.73 Å². The van der Waals surface area contributed by atoms with Crippen molar-refractivity contribution < 1.29 is 0 Å².